The molecule has 0 unspecified atom stereocenters. The lowest BCUT2D eigenvalue weighted by Gasteiger charge is -2.09. The molecule has 1 aromatic carbocycles. The Kier molecular flexibility index (Phi) is 3.62. The van der Waals surface area contributed by atoms with E-state index in [0.29, 0.717) is 17.1 Å². The predicted octanol–water partition coefficient (Wildman–Crippen LogP) is 2.44. The van der Waals surface area contributed by atoms with Gasteiger partial charge in [0.2, 0.25) is 0 Å². The van der Waals surface area contributed by atoms with Gasteiger partial charge in [-0.1, -0.05) is 0 Å². The number of carboxylic acid groups (broad SMARTS) is 1. The van der Waals surface area contributed by atoms with Crippen molar-refractivity contribution in [1.82, 2.24) is 9.78 Å². The minimum Gasteiger partial charge on any atom is -0.478 e. The summed E-state index contributed by atoms with van der Waals surface area (Å²) in [4.78, 5) is 21.4. The zero-order chi connectivity index (χ0) is 15.7. The van der Waals surface area contributed by atoms with Crippen LogP contribution in [-0.2, 0) is 7.05 Å². The van der Waals surface area contributed by atoms with Crippen LogP contribution < -0.4 is 4.74 Å². The molecule has 0 bridgehead atoms. The number of nitro benzene ring substituents is 1. The van der Waals surface area contributed by atoms with E-state index in [9.17, 15) is 14.9 Å². The minimum absolute atomic E-state index is 0.0871. The summed E-state index contributed by atoms with van der Waals surface area (Å²) in [6.07, 6.45) is 0. The molecule has 0 atom stereocenters. The number of nitro groups is 1. The van der Waals surface area contributed by atoms with E-state index < -0.39 is 10.9 Å². The van der Waals surface area contributed by atoms with E-state index in [0.717, 1.165) is 18.2 Å². The molecule has 2 aromatic rings. The van der Waals surface area contributed by atoms with Gasteiger partial charge >= 0.3 is 5.97 Å². The first-order valence-corrected chi connectivity index (χ1v) is 6.01. The average molecular weight is 291 g/mol. The number of aryl methyl sites for hydroxylation is 2. The van der Waals surface area contributed by atoms with Gasteiger partial charge in [0.15, 0.2) is 5.75 Å². The first-order valence-electron chi connectivity index (χ1n) is 6.01. The third-order valence-electron chi connectivity index (χ3n) is 3.06. The van der Waals surface area contributed by atoms with Crippen LogP contribution in [0.4, 0.5) is 5.69 Å². The van der Waals surface area contributed by atoms with Gasteiger partial charge in [0, 0.05) is 13.1 Å². The summed E-state index contributed by atoms with van der Waals surface area (Å²) in [5.41, 5.74) is 0.866. The van der Waals surface area contributed by atoms with Gasteiger partial charge in [0.1, 0.15) is 17.0 Å². The first kappa shape index (κ1) is 14.5. The summed E-state index contributed by atoms with van der Waals surface area (Å²) in [5, 5.41) is 24.1. The molecular formula is C13H13N3O5. The van der Waals surface area contributed by atoms with E-state index in [-0.39, 0.29) is 17.0 Å². The Labute approximate surface area is 119 Å². The summed E-state index contributed by atoms with van der Waals surface area (Å²) in [6.45, 7) is 3.47. The minimum atomic E-state index is -1.22. The molecule has 0 spiro atoms. The van der Waals surface area contributed by atoms with E-state index in [4.69, 9.17) is 9.84 Å². The van der Waals surface area contributed by atoms with Crippen LogP contribution in [0.5, 0.6) is 11.5 Å². The molecule has 8 heteroatoms. The van der Waals surface area contributed by atoms with Crippen LogP contribution in [0.25, 0.3) is 0 Å². The molecule has 0 aliphatic carbocycles. The predicted molar refractivity (Wildman–Crippen MR) is 72.8 cm³/mol. The molecular weight excluding hydrogens is 278 g/mol. The number of hydrogen-bond donors (Lipinski definition) is 1. The van der Waals surface area contributed by atoms with Gasteiger partial charge in [-0.15, -0.1) is 0 Å². The van der Waals surface area contributed by atoms with Crippen molar-refractivity contribution >= 4 is 11.7 Å². The summed E-state index contributed by atoms with van der Waals surface area (Å²) in [5.74, 6) is -0.921. The van der Waals surface area contributed by atoms with Crippen molar-refractivity contribution < 1.29 is 19.6 Å². The number of carbonyl (C=O) groups is 1. The van der Waals surface area contributed by atoms with Crippen molar-refractivity contribution in [1.29, 1.82) is 0 Å². The maximum absolute atomic E-state index is 11.2. The van der Waals surface area contributed by atoms with E-state index in [2.05, 4.69) is 5.10 Å². The normalized spacial score (nSPS) is 10.4. The van der Waals surface area contributed by atoms with Crippen molar-refractivity contribution in [2.75, 3.05) is 0 Å². The number of rotatable bonds is 4. The fourth-order valence-corrected chi connectivity index (χ4v) is 1.90. The van der Waals surface area contributed by atoms with Gasteiger partial charge in [-0.2, -0.15) is 5.10 Å². The number of hydrogen-bond acceptors (Lipinski definition) is 5. The lowest BCUT2D eigenvalue weighted by Crippen LogP contribution is -2.02. The smallest absolute Gasteiger partial charge is 0.339 e. The van der Waals surface area contributed by atoms with Crippen molar-refractivity contribution in [2.45, 2.75) is 13.8 Å². The number of nitrogens with zero attached hydrogens (tertiary/aromatic N) is 3. The Bertz CT molecular complexity index is 736. The molecule has 110 valence electrons. The van der Waals surface area contributed by atoms with Crippen molar-refractivity contribution in [3.63, 3.8) is 0 Å². The van der Waals surface area contributed by atoms with Crippen LogP contribution in [0, 0.1) is 24.0 Å². The molecule has 0 radical (unpaired) electrons. The number of carboxylic acids is 1. The first-order chi connectivity index (χ1) is 9.81. The molecule has 1 aromatic heterocycles. The number of ether oxygens (including phenoxy) is 1. The quantitative estimate of drug-likeness (QED) is 0.684. The van der Waals surface area contributed by atoms with Crippen LogP contribution in [0.15, 0.2) is 18.2 Å². The monoisotopic (exact) mass is 291 g/mol. The number of aromatic nitrogens is 2. The van der Waals surface area contributed by atoms with E-state index in [1.807, 2.05) is 0 Å². The van der Waals surface area contributed by atoms with Crippen LogP contribution in [-0.4, -0.2) is 25.8 Å². The molecule has 2 rings (SSSR count). The number of non-ortho nitro benzene ring substituents is 1. The average Bonchev–Trinajstić information content (AvgIpc) is 2.65. The summed E-state index contributed by atoms with van der Waals surface area (Å²) in [6, 6.07) is 3.37. The number of aromatic carboxylic acids is 1. The number of benzene rings is 1. The Morgan fingerprint density at radius 1 is 1.43 bits per heavy atom. The second kappa shape index (κ2) is 5.23. The fourth-order valence-electron chi connectivity index (χ4n) is 1.90. The van der Waals surface area contributed by atoms with Gasteiger partial charge in [-0.05, 0) is 19.9 Å². The molecule has 1 N–H and O–H groups in total. The third kappa shape index (κ3) is 2.69. The van der Waals surface area contributed by atoms with Crippen LogP contribution in [0.1, 0.15) is 21.7 Å². The molecule has 0 aliphatic heterocycles. The van der Waals surface area contributed by atoms with Crippen LogP contribution >= 0.6 is 0 Å². The third-order valence-corrected chi connectivity index (χ3v) is 3.06. The van der Waals surface area contributed by atoms with E-state index >= 15 is 0 Å². The van der Waals surface area contributed by atoms with Gasteiger partial charge in [-0.25, -0.2) is 4.79 Å². The highest BCUT2D eigenvalue weighted by Crippen LogP contribution is 2.32. The molecule has 1 heterocycles. The van der Waals surface area contributed by atoms with Crippen molar-refractivity contribution in [2.24, 2.45) is 7.05 Å². The second-order valence-corrected chi connectivity index (χ2v) is 4.47. The molecule has 0 saturated heterocycles. The molecule has 0 saturated carbocycles. The van der Waals surface area contributed by atoms with Gasteiger partial charge < -0.3 is 9.84 Å². The summed E-state index contributed by atoms with van der Waals surface area (Å²) in [7, 11) is 1.72. The lowest BCUT2D eigenvalue weighted by molar-refractivity contribution is -0.384. The summed E-state index contributed by atoms with van der Waals surface area (Å²) >= 11 is 0. The maximum Gasteiger partial charge on any atom is 0.339 e. The standard InChI is InChI=1S/C13H13N3O5/c1-7-12(8(2)15(3)14-7)21-11-6-9(16(19)20)4-5-10(11)13(17)18/h4-6H,1-3H3,(H,17,18). The molecule has 21 heavy (non-hydrogen) atoms. The van der Waals surface area contributed by atoms with Crippen molar-refractivity contribution in [3.05, 3.63) is 45.3 Å². The Morgan fingerprint density at radius 3 is 2.57 bits per heavy atom. The van der Waals surface area contributed by atoms with Gasteiger partial charge in [-0.3, -0.25) is 14.8 Å². The zero-order valence-corrected chi connectivity index (χ0v) is 11.7. The highest BCUT2D eigenvalue weighted by Gasteiger charge is 2.20. The Hall–Kier alpha value is -2.90. The topological polar surface area (TPSA) is 107 Å². The zero-order valence-electron chi connectivity index (χ0n) is 11.7. The Balaban J connectivity index is 2.53. The van der Waals surface area contributed by atoms with Crippen LogP contribution in [0.3, 0.4) is 0 Å². The van der Waals surface area contributed by atoms with Gasteiger partial charge in [0.05, 0.1) is 16.7 Å². The highest BCUT2D eigenvalue weighted by molar-refractivity contribution is 5.91. The van der Waals surface area contributed by atoms with E-state index in [1.165, 1.54) is 0 Å². The lowest BCUT2D eigenvalue weighted by atomic mass is 10.2. The van der Waals surface area contributed by atoms with Crippen molar-refractivity contribution in [3.8, 4) is 11.5 Å². The maximum atomic E-state index is 11.2. The molecule has 0 amide bonds. The molecule has 0 aliphatic rings. The second-order valence-electron chi connectivity index (χ2n) is 4.47. The summed E-state index contributed by atoms with van der Waals surface area (Å²) < 4.78 is 7.16. The molecule has 8 nitrogen and oxygen atoms in total. The fraction of sp³-hybridized carbons (Fsp3) is 0.231. The SMILES string of the molecule is Cc1nn(C)c(C)c1Oc1cc([N+](=O)[O-])ccc1C(=O)O. The Morgan fingerprint density at radius 2 is 2.10 bits per heavy atom. The largest absolute Gasteiger partial charge is 0.478 e. The highest BCUT2D eigenvalue weighted by atomic mass is 16.6. The van der Waals surface area contributed by atoms with Gasteiger partial charge in [0.25, 0.3) is 5.69 Å². The molecule has 0 fully saturated rings. The van der Waals surface area contributed by atoms with Crippen LogP contribution in [0.2, 0.25) is 0 Å². The van der Waals surface area contributed by atoms with E-state index in [1.54, 1.807) is 25.6 Å².